The Balaban J connectivity index is 2.90. The molecule has 0 amide bonds. The van der Waals surface area contributed by atoms with Crippen molar-refractivity contribution in [2.45, 2.75) is 0 Å². The molecule has 0 aliphatic rings. The number of nitrogens with zero attached hydrogens (tertiary/aromatic N) is 2. The van der Waals surface area contributed by atoms with E-state index in [1.807, 2.05) is 11.6 Å². The van der Waals surface area contributed by atoms with Crippen LogP contribution in [0, 0.1) is 4.91 Å². The molecule has 0 unspecified atom stereocenters. The predicted octanol–water partition coefficient (Wildman–Crippen LogP) is 2.42. The van der Waals surface area contributed by atoms with Crippen molar-refractivity contribution in [2.24, 2.45) is 12.2 Å². The molecule has 0 bridgehead atoms. The van der Waals surface area contributed by atoms with Crippen LogP contribution in [0.2, 0.25) is 5.02 Å². The first-order valence-electron chi connectivity index (χ1n) is 4.27. The van der Waals surface area contributed by atoms with E-state index >= 15 is 0 Å². The van der Waals surface area contributed by atoms with Crippen molar-refractivity contribution in [3.63, 3.8) is 0 Å². The quantitative estimate of drug-likeness (QED) is 0.596. The fraction of sp³-hybridized carbons (Fsp3) is 0.100. The lowest BCUT2D eigenvalue weighted by molar-refractivity contribution is -0.670. The minimum atomic E-state index is -0.200. The van der Waals surface area contributed by atoms with Crippen molar-refractivity contribution in [3.8, 4) is 5.75 Å². The molecule has 0 saturated heterocycles. The van der Waals surface area contributed by atoms with Gasteiger partial charge in [0.1, 0.15) is 12.8 Å². The number of phenols is 1. The maximum Gasteiger partial charge on any atom is 0.176 e. The van der Waals surface area contributed by atoms with E-state index in [1.165, 1.54) is 6.07 Å². The molecule has 76 valence electrons. The van der Waals surface area contributed by atoms with Crippen LogP contribution in [0.3, 0.4) is 0 Å². The van der Waals surface area contributed by atoms with Crippen molar-refractivity contribution in [1.29, 1.82) is 0 Å². The van der Waals surface area contributed by atoms with E-state index in [0.717, 1.165) is 5.39 Å². The van der Waals surface area contributed by atoms with Crippen molar-refractivity contribution in [3.05, 3.63) is 34.5 Å². The molecular weight excluding hydrogens is 216 g/mol. The summed E-state index contributed by atoms with van der Waals surface area (Å²) < 4.78 is 1.83. The Kier molecular flexibility index (Phi) is 2.28. The third-order valence-corrected chi connectivity index (χ3v) is 2.58. The fourth-order valence-corrected chi connectivity index (χ4v) is 1.78. The first-order chi connectivity index (χ1) is 7.13. The number of halogens is 1. The Labute approximate surface area is 90.7 Å². The highest BCUT2D eigenvalue weighted by Gasteiger charge is 2.13. The lowest BCUT2D eigenvalue weighted by Gasteiger charge is -2.02. The first-order valence-corrected chi connectivity index (χ1v) is 4.65. The number of rotatable bonds is 1. The van der Waals surface area contributed by atoms with Gasteiger partial charge in [-0.05, 0) is 11.2 Å². The van der Waals surface area contributed by atoms with E-state index in [1.54, 1.807) is 18.5 Å². The number of aromatic hydroxyl groups is 1. The SMILES string of the molecule is C[n+]1ccc2c(Cl)c(N=O)c(O)cc2c1. The van der Waals surface area contributed by atoms with Crippen LogP contribution in [0.4, 0.5) is 5.69 Å². The van der Waals surface area contributed by atoms with Crippen LogP contribution in [-0.2, 0) is 7.05 Å². The van der Waals surface area contributed by atoms with Gasteiger partial charge in [-0.15, -0.1) is 4.91 Å². The molecular formula is C10H8ClN2O2+. The summed E-state index contributed by atoms with van der Waals surface area (Å²) >= 11 is 5.94. The first kappa shape index (κ1) is 9.86. The van der Waals surface area contributed by atoms with Gasteiger partial charge in [0.25, 0.3) is 0 Å². The lowest BCUT2D eigenvalue weighted by Crippen LogP contribution is -2.25. The smallest absolute Gasteiger partial charge is 0.176 e. The largest absolute Gasteiger partial charge is 0.505 e. The molecule has 2 aromatic rings. The summed E-state index contributed by atoms with van der Waals surface area (Å²) in [4.78, 5) is 10.5. The van der Waals surface area contributed by atoms with Crippen molar-refractivity contribution >= 4 is 28.1 Å². The van der Waals surface area contributed by atoms with E-state index < -0.39 is 0 Å². The number of phenolic OH excluding ortho intramolecular Hbond substituents is 1. The van der Waals surface area contributed by atoms with Gasteiger partial charge in [0.2, 0.25) is 0 Å². The normalized spacial score (nSPS) is 10.5. The second-order valence-corrected chi connectivity index (χ2v) is 3.64. The number of nitroso groups, excluding NO2 is 1. The van der Waals surface area contributed by atoms with Gasteiger partial charge >= 0.3 is 0 Å². The number of fused-ring (bicyclic) bond motifs is 1. The number of hydrogen-bond acceptors (Lipinski definition) is 3. The molecule has 15 heavy (non-hydrogen) atoms. The van der Waals surface area contributed by atoms with Crippen LogP contribution in [0.5, 0.6) is 5.75 Å². The van der Waals surface area contributed by atoms with Crippen LogP contribution in [0.1, 0.15) is 0 Å². The number of aromatic nitrogens is 1. The summed E-state index contributed by atoms with van der Waals surface area (Å²) in [5.41, 5.74) is -0.113. The number of benzene rings is 1. The molecule has 0 aliphatic heterocycles. The van der Waals surface area contributed by atoms with Gasteiger partial charge in [0.15, 0.2) is 18.1 Å². The Hall–Kier alpha value is -1.68. The molecule has 5 heteroatoms. The summed E-state index contributed by atoms with van der Waals surface area (Å²) in [5, 5.41) is 13.8. The van der Waals surface area contributed by atoms with Crippen LogP contribution in [0.25, 0.3) is 10.8 Å². The third-order valence-electron chi connectivity index (χ3n) is 2.20. The minimum absolute atomic E-state index is 0.113. The highest BCUT2D eigenvalue weighted by molar-refractivity contribution is 6.38. The van der Waals surface area contributed by atoms with Crippen LogP contribution >= 0.6 is 11.6 Å². The van der Waals surface area contributed by atoms with Gasteiger partial charge in [0, 0.05) is 11.5 Å². The van der Waals surface area contributed by atoms with E-state index in [9.17, 15) is 10.0 Å². The topological polar surface area (TPSA) is 53.5 Å². The average molecular weight is 224 g/mol. The monoisotopic (exact) mass is 223 g/mol. The highest BCUT2D eigenvalue weighted by atomic mass is 35.5. The van der Waals surface area contributed by atoms with Crippen LogP contribution in [-0.4, -0.2) is 5.11 Å². The van der Waals surface area contributed by atoms with Gasteiger partial charge in [-0.2, -0.15) is 0 Å². The van der Waals surface area contributed by atoms with Gasteiger partial charge in [0.05, 0.1) is 10.4 Å². The maximum atomic E-state index is 10.5. The van der Waals surface area contributed by atoms with Crippen molar-refractivity contribution < 1.29 is 9.67 Å². The minimum Gasteiger partial charge on any atom is -0.505 e. The Morgan fingerprint density at radius 1 is 1.53 bits per heavy atom. The zero-order valence-electron chi connectivity index (χ0n) is 7.94. The fourth-order valence-electron chi connectivity index (χ4n) is 1.48. The van der Waals surface area contributed by atoms with E-state index in [0.29, 0.717) is 5.39 Å². The molecule has 0 aliphatic carbocycles. The van der Waals surface area contributed by atoms with Crippen molar-refractivity contribution in [2.75, 3.05) is 0 Å². The van der Waals surface area contributed by atoms with E-state index in [2.05, 4.69) is 5.18 Å². The summed E-state index contributed by atoms with van der Waals surface area (Å²) in [6, 6.07) is 3.24. The molecule has 0 spiro atoms. The van der Waals surface area contributed by atoms with Crippen molar-refractivity contribution in [1.82, 2.24) is 0 Å². The number of pyridine rings is 1. The standard InChI is InChI=1S/C10H7ClN2O2/c1-13-3-2-7-6(5-13)4-8(14)10(12-15)9(7)11/h2-5H,1H3/p+1. The summed E-state index contributed by atoms with van der Waals surface area (Å²) in [6.45, 7) is 0. The predicted molar refractivity (Wildman–Crippen MR) is 57.3 cm³/mol. The second kappa shape index (κ2) is 3.47. The van der Waals surface area contributed by atoms with Crippen LogP contribution in [0.15, 0.2) is 29.7 Å². The Bertz CT molecular complexity index is 555. The highest BCUT2D eigenvalue weighted by Crippen LogP contribution is 2.39. The Morgan fingerprint density at radius 2 is 2.27 bits per heavy atom. The molecule has 0 atom stereocenters. The summed E-state index contributed by atoms with van der Waals surface area (Å²) in [7, 11) is 1.86. The number of hydrogen-bond donors (Lipinski definition) is 1. The Morgan fingerprint density at radius 3 is 2.93 bits per heavy atom. The van der Waals surface area contributed by atoms with E-state index in [-0.39, 0.29) is 16.5 Å². The molecule has 4 nitrogen and oxygen atoms in total. The summed E-state index contributed by atoms with van der Waals surface area (Å²) in [6.07, 6.45) is 3.61. The third kappa shape index (κ3) is 1.53. The maximum absolute atomic E-state index is 10.5. The van der Waals surface area contributed by atoms with E-state index in [4.69, 9.17) is 11.6 Å². The molecule has 1 N–H and O–H groups in total. The van der Waals surface area contributed by atoms with Gasteiger partial charge in [-0.25, -0.2) is 4.57 Å². The van der Waals surface area contributed by atoms with Gasteiger partial charge < -0.3 is 5.11 Å². The molecule has 0 saturated carbocycles. The lowest BCUT2D eigenvalue weighted by atomic mass is 10.1. The average Bonchev–Trinajstić information content (AvgIpc) is 2.17. The molecule has 1 aromatic carbocycles. The molecule has 1 aromatic heterocycles. The zero-order chi connectivity index (χ0) is 11.0. The zero-order valence-corrected chi connectivity index (χ0v) is 8.69. The number of aryl methyl sites for hydroxylation is 1. The van der Waals surface area contributed by atoms with Gasteiger partial charge in [-0.1, -0.05) is 11.6 Å². The molecule has 0 fully saturated rings. The molecule has 1 heterocycles. The second-order valence-electron chi connectivity index (χ2n) is 3.26. The molecule has 2 rings (SSSR count). The molecule has 0 radical (unpaired) electrons. The van der Waals surface area contributed by atoms with Gasteiger partial charge in [-0.3, -0.25) is 0 Å². The summed E-state index contributed by atoms with van der Waals surface area (Å²) in [5.74, 6) is -0.200. The van der Waals surface area contributed by atoms with Crippen LogP contribution < -0.4 is 4.57 Å².